The quantitative estimate of drug-likeness (QED) is 0.525. The Labute approximate surface area is 194 Å². The van der Waals surface area contributed by atoms with Gasteiger partial charge in [0, 0.05) is 24.5 Å². The fourth-order valence-corrected chi connectivity index (χ4v) is 3.09. The standard InChI is InChI=1S/C21H21F3N6O2.ClH/c1-31-17-7-5-15(6-8-17)25-18-27-19(29-20(28-18)30-9-11-32-12-10-30)26-16-4-2-3-14(13-16)21(22,23)24;/h2-8,13H,9-12H2,1H3,(H2,25,26,27,28,29);1H. The van der Waals surface area contributed by atoms with E-state index in [0.29, 0.717) is 38.0 Å². The summed E-state index contributed by atoms with van der Waals surface area (Å²) < 4.78 is 49.7. The highest BCUT2D eigenvalue weighted by Crippen LogP contribution is 2.31. The van der Waals surface area contributed by atoms with E-state index in [4.69, 9.17) is 9.47 Å². The van der Waals surface area contributed by atoms with Crippen LogP contribution >= 0.6 is 12.4 Å². The molecule has 0 unspecified atom stereocenters. The van der Waals surface area contributed by atoms with Crippen LogP contribution in [0.5, 0.6) is 5.75 Å². The third-order valence-corrected chi connectivity index (χ3v) is 4.71. The molecule has 0 spiro atoms. The van der Waals surface area contributed by atoms with Crippen molar-refractivity contribution < 1.29 is 22.6 Å². The summed E-state index contributed by atoms with van der Waals surface area (Å²) in [5.41, 5.74) is 0.172. The topological polar surface area (TPSA) is 84.4 Å². The summed E-state index contributed by atoms with van der Waals surface area (Å²) in [7, 11) is 1.58. The Balaban J connectivity index is 0.00000306. The van der Waals surface area contributed by atoms with Crippen molar-refractivity contribution in [1.29, 1.82) is 0 Å². The second kappa shape index (κ2) is 10.5. The molecule has 33 heavy (non-hydrogen) atoms. The molecule has 176 valence electrons. The second-order valence-electron chi connectivity index (χ2n) is 6.94. The van der Waals surface area contributed by atoms with Gasteiger partial charge in [-0.3, -0.25) is 0 Å². The molecule has 1 saturated heterocycles. The maximum Gasteiger partial charge on any atom is 0.416 e. The molecule has 8 nitrogen and oxygen atoms in total. The van der Waals surface area contributed by atoms with Crippen LogP contribution in [0.4, 0.5) is 42.4 Å². The minimum Gasteiger partial charge on any atom is -0.497 e. The van der Waals surface area contributed by atoms with Crippen LogP contribution in [0.1, 0.15) is 5.56 Å². The largest absolute Gasteiger partial charge is 0.497 e. The lowest BCUT2D eigenvalue weighted by atomic mass is 10.2. The van der Waals surface area contributed by atoms with Gasteiger partial charge in [-0.25, -0.2) is 0 Å². The molecule has 0 saturated carbocycles. The van der Waals surface area contributed by atoms with Crippen molar-refractivity contribution >= 4 is 41.6 Å². The zero-order chi connectivity index (χ0) is 22.6. The number of hydrogen-bond donors (Lipinski definition) is 2. The smallest absolute Gasteiger partial charge is 0.416 e. The molecule has 4 rings (SSSR count). The predicted molar refractivity (Wildman–Crippen MR) is 121 cm³/mol. The number of alkyl halides is 3. The van der Waals surface area contributed by atoms with Gasteiger partial charge >= 0.3 is 6.18 Å². The first-order valence-electron chi connectivity index (χ1n) is 9.85. The van der Waals surface area contributed by atoms with Gasteiger partial charge < -0.3 is 25.0 Å². The van der Waals surface area contributed by atoms with Crippen LogP contribution in [0.3, 0.4) is 0 Å². The number of rotatable bonds is 6. The van der Waals surface area contributed by atoms with E-state index in [1.54, 1.807) is 31.4 Å². The van der Waals surface area contributed by atoms with Crippen LogP contribution in [-0.4, -0.2) is 48.4 Å². The van der Waals surface area contributed by atoms with Crippen molar-refractivity contribution in [3.05, 3.63) is 54.1 Å². The monoisotopic (exact) mass is 482 g/mol. The third-order valence-electron chi connectivity index (χ3n) is 4.71. The summed E-state index contributed by atoms with van der Waals surface area (Å²) in [6.45, 7) is 2.25. The van der Waals surface area contributed by atoms with Gasteiger partial charge in [0.25, 0.3) is 0 Å². The number of anilines is 5. The predicted octanol–water partition coefficient (Wildman–Crippen LogP) is 4.64. The molecule has 0 aliphatic carbocycles. The highest BCUT2D eigenvalue weighted by atomic mass is 35.5. The molecule has 0 atom stereocenters. The lowest BCUT2D eigenvalue weighted by molar-refractivity contribution is -0.137. The molecule has 0 radical (unpaired) electrons. The Kier molecular flexibility index (Phi) is 7.77. The number of nitrogens with zero attached hydrogens (tertiary/aromatic N) is 4. The average Bonchev–Trinajstić information content (AvgIpc) is 2.80. The first-order chi connectivity index (χ1) is 15.4. The number of benzene rings is 2. The lowest BCUT2D eigenvalue weighted by Gasteiger charge is -2.27. The molecular formula is C21H22ClF3N6O2. The van der Waals surface area contributed by atoms with Crippen molar-refractivity contribution in [2.75, 3.05) is 48.9 Å². The average molecular weight is 483 g/mol. The highest BCUT2D eigenvalue weighted by Gasteiger charge is 2.30. The number of methoxy groups -OCH3 is 1. The fraction of sp³-hybridized carbons (Fsp3) is 0.286. The number of nitrogens with one attached hydrogen (secondary N) is 2. The van der Waals surface area contributed by atoms with Crippen LogP contribution in [0, 0.1) is 0 Å². The van der Waals surface area contributed by atoms with Crippen molar-refractivity contribution in [2.24, 2.45) is 0 Å². The highest BCUT2D eigenvalue weighted by molar-refractivity contribution is 5.85. The maximum atomic E-state index is 13.1. The second-order valence-corrected chi connectivity index (χ2v) is 6.94. The fourth-order valence-electron chi connectivity index (χ4n) is 3.09. The first-order valence-corrected chi connectivity index (χ1v) is 9.85. The van der Waals surface area contributed by atoms with Gasteiger partial charge in [0.1, 0.15) is 5.75 Å². The summed E-state index contributed by atoms with van der Waals surface area (Å²) in [4.78, 5) is 15.2. The molecule has 1 aliphatic rings. The molecule has 1 fully saturated rings. The lowest BCUT2D eigenvalue weighted by Crippen LogP contribution is -2.37. The number of aromatic nitrogens is 3. The molecule has 0 bridgehead atoms. The van der Waals surface area contributed by atoms with Crippen molar-refractivity contribution in [3.63, 3.8) is 0 Å². The van der Waals surface area contributed by atoms with E-state index in [1.807, 2.05) is 4.90 Å². The Morgan fingerprint density at radius 2 is 1.55 bits per heavy atom. The van der Waals surface area contributed by atoms with Crippen LogP contribution in [0.2, 0.25) is 0 Å². The molecule has 1 aromatic heterocycles. The van der Waals surface area contributed by atoms with Gasteiger partial charge in [0.05, 0.1) is 25.9 Å². The molecule has 2 N–H and O–H groups in total. The van der Waals surface area contributed by atoms with Gasteiger partial charge in [-0.15, -0.1) is 12.4 Å². The molecular weight excluding hydrogens is 461 g/mol. The summed E-state index contributed by atoms with van der Waals surface area (Å²) in [5.74, 6) is 1.47. The Morgan fingerprint density at radius 3 is 2.15 bits per heavy atom. The maximum absolute atomic E-state index is 13.1. The van der Waals surface area contributed by atoms with Crippen LogP contribution in [0.15, 0.2) is 48.5 Å². The van der Waals surface area contributed by atoms with Crippen molar-refractivity contribution in [1.82, 2.24) is 15.0 Å². The summed E-state index contributed by atoms with van der Waals surface area (Å²) in [6, 6.07) is 12.0. The zero-order valence-electron chi connectivity index (χ0n) is 17.6. The van der Waals surface area contributed by atoms with Crippen LogP contribution in [0.25, 0.3) is 0 Å². The van der Waals surface area contributed by atoms with Gasteiger partial charge in [0.15, 0.2) is 0 Å². The Hall–Kier alpha value is -3.31. The number of halogens is 4. The molecule has 1 aliphatic heterocycles. The summed E-state index contributed by atoms with van der Waals surface area (Å²) in [5, 5.41) is 5.96. The van der Waals surface area contributed by atoms with E-state index in [2.05, 4.69) is 25.6 Å². The Morgan fingerprint density at radius 1 is 0.909 bits per heavy atom. The first kappa shape index (κ1) is 24.3. The molecule has 3 aromatic rings. The number of hydrogen-bond acceptors (Lipinski definition) is 8. The molecule has 12 heteroatoms. The number of ether oxygens (including phenoxy) is 2. The number of morpholine rings is 1. The van der Waals surface area contributed by atoms with Gasteiger partial charge in [-0.05, 0) is 42.5 Å². The molecule has 2 aromatic carbocycles. The minimum atomic E-state index is -4.45. The summed E-state index contributed by atoms with van der Waals surface area (Å²) >= 11 is 0. The van der Waals surface area contributed by atoms with Crippen molar-refractivity contribution in [2.45, 2.75) is 6.18 Å². The Bertz CT molecular complexity index is 1060. The minimum absolute atomic E-state index is 0. The van der Waals surface area contributed by atoms with Gasteiger partial charge in [-0.2, -0.15) is 28.1 Å². The van der Waals surface area contributed by atoms with E-state index in [1.165, 1.54) is 12.1 Å². The van der Waals surface area contributed by atoms with Crippen LogP contribution < -0.4 is 20.3 Å². The van der Waals surface area contributed by atoms with Crippen LogP contribution in [-0.2, 0) is 10.9 Å². The third kappa shape index (κ3) is 6.36. The van der Waals surface area contributed by atoms with E-state index < -0.39 is 11.7 Å². The van der Waals surface area contributed by atoms with Gasteiger partial charge in [-0.1, -0.05) is 6.07 Å². The molecule has 2 heterocycles. The zero-order valence-corrected chi connectivity index (χ0v) is 18.4. The van der Waals surface area contributed by atoms with E-state index >= 15 is 0 Å². The van der Waals surface area contributed by atoms with E-state index in [0.717, 1.165) is 17.8 Å². The normalized spacial score (nSPS) is 13.8. The van der Waals surface area contributed by atoms with E-state index in [9.17, 15) is 13.2 Å². The SMILES string of the molecule is COc1ccc(Nc2nc(Nc3cccc(C(F)(F)F)c3)nc(N3CCOCC3)n2)cc1.Cl. The van der Waals surface area contributed by atoms with Gasteiger partial charge in [0.2, 0.25) is 17.8 Å². The summed E-state index contributed by atoms with van der Waals surface area (Å²) in [6.07, 6.45) is -4.45. The van der Waals surface area contributed by atoms with Crippen molar-refractivity contribution in [3.8, 4) is 5.75 Å². The van der Waals surface area contributed by atoms with E-state index in [-0.39, 0.29) is 30.0 Å². The molecule has 0 amide bonds.